The Labute approximate surface area is 195 Å². The van der Waals surface area contributed by atoms with Crippen LogP contribution in [0, 0.1) is 0 Å². The van der Waals surface area contributed by atoms with Crippen molar-refractivity contribution in [3.05, 3.63) is 58.7 Å². The molecule has 0 unspecified atom stereocenters. The van der Waals surface area contributed by atoms with Gasteiger partial charge in [0.25, 0.3) is 5.91 Å². The third-order valence-corrected chi connectivity index (χ3v) is 7.51. The maximum absolute atomic E-state index is 13.9. The molecular weight excluding hydrogens is 416 g/mol. The lowest BCUT2D eigenvalue weighted by atomic mass is 9.75. The quantitative estimate of drug-likeness (QED) is 0.705. The Morgan fingerprint density at radius 1 is 0.970 bits per heavy atom. The molecule has 2 aromatic rings. The van der Waals surface area contributed by atoms with E-state index >= 15 is 0 Å². The Bertz CT molecular complexity index is 1060. The van der Waals surface area contributed by atoms with Gasteiger partial charge in [0.1, 0.15) is 0 Å². The summed E-state index contributed by atoms with van der Waals surface area (Å²) < 4.78 is 11.1. The van der Waals surface area contributed by atoms with Gasteiger partial charge < -0.3 is 19.7 Å². The summed E-state index contributed by atoms with van der Waals surface area (Å²) in [4.78, 5) is 29.2. The number of rotatable bonds is 4. The van der Waals surface area contributed by atoms with Crippen LogP contribution in [0.1, 0.15) is 77.5 Å². The van der Waals surface area contributed by atoms with Crippen molar-refractivity contribution >= 4 is 11.8 Å². The summed E-state index contributed by atoms with van der Waals surface area (Å²) in [7, 11) is 3.24. The monoisotopic (exact) mass is 448 g/mol. The second-order valence-electron chi connectivity index (χ2n) is 9.36. The molecule has 5 rings (SSSR count). The molecule has 1 aliphatic carbocycles. The van der Waals surface area contributed by atoms with Crippen LogP contribution >= 0.6 is 0 Å². The highest BCUT2D eigenvalue weighted by molar-refractivity contribution is 6.01. The fourth-order valence-electron chi connectivity index (χ4n) is 5.85. The van der Waals surface area contributed by atoms with Gasteiger partial charge in [0.05, 0.1) is 26.2 Å². The standard InChI is InChI=1S/C27H32N2O4/c1-32-22-15-17-13-14-29-25(21(17)16-23(22)33-2)24(19-11-7-8-12-20(19)27(29)31)26(30)28-18-9-5-3-4-6-10-18/h7-8,11-12,15-16,18,24-25H,3-6,9-10,13-14H2,1-2H3,(H,28,30)/t24-,25+/m1/s1. The Hall–Kier alpha value is -3.02. The van der Waals surface area contributed by atoms with E-state index in [-0.39, 0.29) is 23.9 Å². The summed E-state index contributed by atoms with van der Waals surface area (Å²) in [5, 5.41) is 3.37. The zero-order chi connectivity index (χ0) is 22.9. The molecule has 0 saturated heterocycles. The molecule has 6 nitrogen and oxygen atoms in total. The van der Waals surface area contributed by atoms with E-state index in [4.69, 9.17) is 9.47 Å². The smallest absolute Gasteiger partial charge is 0.254 e. The molecule has 1 fully saturated rings. The SMILES string of the molecule is COc1cc2c(cc1OC)[C@H]1[C@H](C(=O)NC3CCCCCC3)c3ccccc3C(=O)N1CC2. The molecule has 2 aliphatic heterocycles. The van der Waals surface area contributed by atoms with Crippen LogP contribution in [0.15, 0.2) is 36.4 Å². The lowest BCUT2D eigenvalue weighted by Crippen LogP contribution is -2.51. The van der Waals surface area contributed by atoms with E-state index < -0.39 is 5.92 Å². The van der Waals surface area contributed by atoms with Gasteiger partial charge in [-0.15, -0.1) is 0 Å². The Morgan fingerprint density at radius 3 is 2.39 bits per heavy atom. The van der Waals surface area contributed by atoms with Crippen LogP contribution in [0.2, 0.25) is 0 Å². The van der Waals surface area contributed by atoms with Gasteiger partial charge in [0.15, 0.2) is 11.5 Å². The van der Waals surface area contributed by atoms with E-state index in [0.29, 0.717) is 23.6 Å². The number of hydrogen-bond acceptors (Lipinski definition) is 4. The summed E-state index contributed by atoms with van der Waals surface area (Å²) in [6, 6.07) is 11.4. The lowest BCUT2D eigenvalue weighted by molar-refractivity contribution is -0.125. The van der Waals surface area contributed by atoms with Gasteiger partial charge in [-0.25, -0.2) is 0 Å². The first kappa shape index (κ1) is 21.8. The third kappa shape index (κ3) is 3.85. The van der Waals surface area contributed by atoms with Gasteiger partial charge >= 0.3 is 0 Å². The van der Waals surface area contributed by atoms with Gasteiger partial charge in [0.2, 0.25) is 5.91 Å². The van der Waals surface area contributed by atoms with E-state index in [0.717, 1.165) is 48.8 Å². The number of carbonyl (C=O) groups is 2. The molecule has 2 heterocycles. The number of fused-ring (bicyclic) bond motifs is 4. The molecule has 0 bridgehead atoms. The topological polar surface area (TPSA) is 67.9 Å². The average Bonchev–Trinajstić information content (AvgIpc) is 3.11. The predicted molar refractivity (Wildman–Crippen MR) is 126 cm³/mol. The predicted octanol–water partition coefficient (Wildman–Crippen LogP) is 4.38. The maximum Gasteiger partial charge on any atom is 0.254 e. The molecule has 6 heteroatoms. The summed E-state index contributed by atoms with van der Waals surface area (Å²) in [5.41, 5.74) is 3.53. The molecule has 0 aromatic heterocycles. The van der Waals surface area contributed by atoms with Gasteiger partial charge in [0, 0.05) is 18.2 Å². The van der Waals surface area contributed by atoms with E-state index in [1.165, 1.54) is 12.8 Å². The summed E-state index contributed by atoms with van der Waals surface area (Å²) in [6.45, 7) is 0.577. The molecule has 2 amide bonds. The summed E-state index contributed by atoms with van der Waals surface area (Å²) >= 11 is 0. The molecule has 0 spiro atoms. The fourth-order valence-corrected chi connectivity index (χ4v) is 5.85. The molecule has 1 N–H and O–H groups in total. The highest BCUT2D eigenvalue weighted by Gasteiger charge is 2.46. The highest BCUT2D eigenvalue weighted by atomic mass is 16.5. The minimum atomic E-state index is -0.459. The number of benzene rings is 2. The number of amides is 2. The number of nitrogens with zero attached hydrogens (tertiary/aromatic N) is 1. The molecule has 3 aliphatic rings. The number of methoxy groups -OCH3 is 2. The number of carbonyl (C=O) groups excluding carboxylic acids is 2. The minimum Gasteiger partial charge on any atom is -0.493 e. The molecule has 2 atom stereocenters. The molecule has 1 saturated carbocycles. The first-order valence-electron chi connectivity index (χ1n) is 12.1. The van der Waals surface area contributed by atoms with Crippen LogP contribution in [0.4, 0.5) is 0 Å². The van der Waals surface area contributed by atoms with E-state index in [2.05, 4.69) is 5.32 Å². The number of nitrogens with one attached hydrogen (secondary N) is 1. The van der Waals surface area contributed by atoms with Gasteiger partial charge in [-0.3, -0.25) is 9.59 Å². The lowest BCUT2D eigenvalue weighted by Gasteiger charge is -2.45. The van der Waals surface area contributed by atoms with Crippen molar-refractivity contribution < 1.29 is 19.1 Å². The maximum atomic E-state index is 13.9. The zero-order valence-corrected chi connectivity index (χ0v) is 19.4. The zero-order valence-electron chi connectivity index (χ0n) is 19.4. The highest BCUT2D eigenvalue weighted by Crippen LogP contribution is 2.48. The van der Waals surface area contributed by atoms with Crippen molar-refractivity contribution in [2.24, 2.45) is 0 Å². The van der Waals surface area contributed by atoms with Crippen LogP contribution in [-0.2, 0) is 11.2 Å². The van der Waals surface area contributed by atoms with E-state index in [1.54, 1.807) is 14.2 Å². The largest absolute Gasteiger partial charge is 0.493 e. The van der Waals surface area contributed by atoms with Gasteiger partial charge in [-0.2, -0.15) is 0 Å². The second kappa shape index (κ2) is 9.08. The third-order valence-electron chi connectivity index (χ3n) is 7.51. The van der Waals surface area contributed by atoms with Crippen molar-refractivity contribution in [1.29, 1.82) is 0 Å². The van der Waals surface area contributed by atoms with Gasteiger partial charge in [-0.05, 0) is 54.2 Å². The normalized spacial score (nSPS) is 22.5. The first-order chi connectivity index (χ1) is 16.1. The number of ether oxygens (including phenoxy) is 2. The van der Waals surface area contributed by atoms with Gasteiger partial charge in [-0.1, -0.05) is 43.9 Å². The Morgan fingerprint density at radius 2 is 1.67 bits per heavy atom. The second-order valence-corrected chi connectivity index (χ2v) is 9.36. The molecular formula is C27H32N2O4. The van der Waals surface area contributed by atoms with Crippen molar-refractivity contribution in [1.82, 2.24) is 10.2 Å². The Kier molecular flexibility index (Phi) is 6.00. The molecule has 2 aromatic carbocycles. The van der Waals surface area contributed by atoms with E-state index in [1.807, 2.05) is 41.3 Å². The average molecular weight is 449 g/mol. The molecule has 0 radical (unpaired) electrons. The van der Waals surface area contributed by atoms with Crippen LogP contribution in [0.25, 0.3) is 0 Å². The molecule has 33 heavy (non-hydrogen) atoms. The van der Waals surface area contributed by atoms with Crippen molar-refractivity contribution in [3.8, 4) is 11.5 Å². The first-order valence-corrected chi connectivity index (χ1v) is 12.1. The van der Waals surface area contributed by atoms with E-state index in [9.17, 15) is 9.59 Å². The van der Waals surface area contributed by atoms with Crippen molar-refractivity contribution in [2.45, 2.75) is 62.9 Å². The van der Waals surface area contributed by atoms with Crippen LogP contribution in [-0.4, -0.2) is 43.5 Å². The summed E-state index contributed by atoms with van der Waals surface area (Å²) in [5.74, 6) is 0.840. The fraction of sp³-hybridized carbons (Fsp3) is 0.481. The van der Waals surface area contributed by atoms with Crippen LogP contribution in [0.3, 0.4) is 0 Å². The van der Waals surface area contributed by atoms with Crippen LogP contribution in [0.5, 0.6) is 11.5 Å². The van der Waals surface area contributed by atoms with Crippen molar-refractivity contribution in [2.75, 3.05) is 20.8 Å². The Balaban J connectivity index is 1.59. The molecule has 174 valence electrons. The minimum absolute atomic E-state index is 0.00505. The van der Waals surface area contributed by atoms with Crippen molar-refractivity contribution in [3.63, 3.8) is 0 Å². The van der Waals surface area contributed by atoms with Crippen LogP contribution < -0.4 is 14.8 Å². The summed E-state index contributed by atoms with van der Waals surface area (Å²) in [6.07, 6.45) is 7.54. The number of hydrogen-bond donors (Lipinski definition) is 1.